The molecule has 0 amide bonds. The first-order valence-corrected chi connectivity index (χ1v) is 2.77. The maximum atomic E-state index is 9.19. The zero-order chi connectivity index (χ0) is 4.50. The molecule has 0 aromatic heterocycles. The molecule has 0 aromatic rings. The van der Waals surface area contributed by atoms with Gasteiger partial charge >= 0.3 is 18.9 Å². The van der Waals surface area contributed by atoms with E-state index in [1.807, 2.05) is 0 Å². The Morgan fingerprint density at radius 3 is 1.50 bits per heavy atom. The van der Waals surface area contributed by atoms with Crippen molar-refractivity contribution in [3.05, 3.63) is 0 Å². The van der Waals surface area contributed by atoms with Gasteiger partial charge in [0.1, 0.15) is 0 Å². The quantitative estimate of drug-likeness (QED) is 0.312. The van der Waals surface area contributed by atoms with Crippen LogP contribution in [0.3, 0.4) is 0 Å². The van der Waals surface area contributed by atoms with Crippen molar-refractivity contribution in [2.24, 2.45) is 0 Å². The standard InChI is InChI=1S/CH4O3S.Li.H/c1-5(2,3)4;;/h1H3,(H,2,3,4);;. The zero-order valence-electron chi connectivity index (χ0n) is 2.67. The second kappa shape index (κ2) is 2.64. The Hall–Kier alpha value is 0.507. The van der Waals surface area contributed by atoms with Crippen LogP contribution in [0.5, 0.6) is 0 Å². The van der Waals surface area contributed by atoms with E-state index in [2.05, 4.69) is 0 Å². The van der Waals surface area contributed by atoms with Crippen LogP contribution in [0.15, 0.2) is 0 Å². The van der Waals surface area contributed by atoms with Crippen molar-refractivity contribution in [1.29, 1.82) is 0 Å². The Balaban J connectivity index is 0. The average Bonchev–Trinajstić information content (AvgIpc) is 0.722. The Morgan fingerprint density at radius 1 is 1.50 bits per heavy atom. The molecule has 6 heavy (non-hydrogen) atoms. The summed E-state index contributed by atoms with van der Waals surface area (Å²) in [5.74, 6) is 0. The maximum absolute atomic E-state index is 9.19. The second-order valence-electron chi connectivity index (χ2n) is 0.733. The molecule has 1 N–H and O–H groups in total. The predicted molar refractivity (Wildman–Crippen MR) is 24.6 cm³/mol. The third-order valence-electron chi connectivity index (χ3n) is 0. The van der Waals surface area contributed by atoms with Gasteiger partial charge in [-0.1, -0.05) is 0 Å². The van der Waals surface area contributed by atoms with Crippen LogP contribution in [0.4, 0.5) is 0 Å². The van der Waals surface area contributed by atoms with Gasteiger partial charge in [0.05, 0.1) is 6.26 Å². The van der Waals surface area contributed by atoms with E-state index in [-0.39, 0.29) is 18.9 Å². The van der Waals surface area contributed by atoms with E-state index >= 15 is 0 Å². The molecule has 0 saturated heterocycles. The van der Waals surface area contributed by atoms with Gasteiger partial charge in [-0.25, -0.2) is 0 Å². The van der Waals surface area contributed by atoms with E-state index in [1.165, 1.54) is 0 Å². The summed E-state index contributed by atoms with van der Waals surface area (Å²) in [6.07, 6.45) is 0.715. The number of hydrogen-bond donors (Lipinski definition) is 1. The summed E-state index contributed by atoms with van der Waals surface area (Å²) in [4.78, 5) is 0. The Labute approximate surface area is 48.7 Å². The van der Waals surface area contributed by atoms with E-state index in [4.69, 9.17) is 4.55 Å². The van der Waals surface area contributed by atoms with Gasteiger partial charge in [0, 0.05) is 0 Å². The normalized spacial score (nSPS) is 9.67. The fourth-order valence-electron chi connectivity index (χ4n) is 0. The molecular weight excluding hydrogens is 99.0 g/mol. The van der Waals surface area contributed by atoms with Crippen LogP contribution in [0.1, 0.15) is 0 Å². The van der Waals surface area contributed by atoms with Crippen molar-refractivity contribution in [1.82, 2.24) is 0 Å². The van der Waals surface area contributed by atoms with Crippen LogP contribution in [0, 0.1) is 0 Å². The Morgan fingerprint density at radius 2 is 1.50 bits per heavy atom. The number of rotatable bonds is 0. The minimum absolute atomic E-state index is 0. The molecule has 3 nitrogen and oxygen atoms in total. The van der Waals surface area contributed by atoms with Crippen molar-refractivity contribution in [3.8, 4) is 0 Å². The molecular formula is CH5LiO3S. The molecule has 0 spiro atoms. The summed E-state index contributed by atoms with van der Waals surface area (Å²) in [6.45, 7) is 0. The zero-order valence-corrected chi connectivity index (χ0v) is 3.49. The molecule has 34 valence electrons. The van der Waals surface area contributed by atoms with Crippen LogP contribution < -0.4 is 0 Å². The molecule has 0 heterocycles. The van der Waals surface area contributed by atoms with E-state index in [0.29, 0.717) is 6.26 Å². The van der Waals surface area contributed by atoms with Gasteiger partial charge in [0.2, 0.25) is 0 Å². The van der Waals surface area contributed by atoms with Crippen molar-refractivity contribution in [2.45, 2.75) is 0 Å². The van der Waals surface area contributed by atoms with Gasteiger partial charge in [-0.05, 0) is 0 Å². The third-order valence-corrected chi connectivity index (χ3v) is 0. The summed E-state index contributed by atoms with van der Waals surface area (Å²) in [5, 5.41) is 0. The van der Waals surface area contributed by atoms with Crippen LogP contribution >= 0.6 is 0 Å². The topological polar surface area (TPSA) is 54.4 Å². The monoisotopic (exact) mass is 104 g/mol. The predicted octanol–water partition coefficient (Wildman–Crippen LogP) is -1.14. The van der Waals surface area contributed by atoms with Gasteiger partial charge < -0.3 is 0 Å². The second-order valence-corrected chi connectivity index (χ2v) is 2.20. The molecule has 0 bridgehead atoms. The Kier molecular flexibility index (Phi) is 4.28. The molecule has 0 rings (SSSR count). The Bertz CT molecular complexity index is 94.0. The average molecular weight is 104 g/mol. The minimum atomic E-state index is -3.67. The van der Waals surface area contributed by atoms with E-state index in [1.54, 1.807) is 0 Å². The van der Waals surface area contributed by atoms with Crippen molar-refractivity contribution in [3.63, 3.8) is 0 Å². The SMILES string of the molecule is CS(=O)(=O)O.[LiH]. The summed E-state index contributed by atoms with van der Waals surface area (Å²) in [5.41, 5.74) is 0. The molecule has 0 aliphatic carbocycles. The molecule has 5 heteroatoms. The molecule has 0 aliphatic heterocycles. The molecule has 0 fully saturated rings. The molecule has 0 saturated carbocycles. The first kappa shape index (κ1) is 9.72. The van der Waals surface area contributed by atoms with Gasteiger partial charge in [-0.2, -0.15) is 8.42 Å². The van der Waals surface area contributed by atoms with Crippen molar-refractivity contribution in [2.75, 3.05) is 6.26 Å². The molecule has 0 atom stereocenters. The van der Waals surface area contributed by atoms with Crippen LogP contribution in [0.25, 0.3) is 0 Å². The van der Waals surface area contributed by atoms with E-state index in [9.17, 15) is 8.42 Å². The summed E-state index contributed by atoms with van der Waals surface area (Å²) >= 11 is 0. The van der Waals surface area contributed by atoms with Crippen LogP contribution in [-0.2, 0) is 10.1 Å². The molecule has 0 aliphatic rings. The van der Waals surface area contributed by atoms with Crippen LogP contribution in [-0.4, -0.2) is 38.1 Å². The molecule has 0 unspecified atom stereocenters. The summed E-state index contributed by atoms with van der Waals surface area (Å²) < 4.78 is 25.9. The first-order valence-electron chi connectivity index (χ1n) is 0.924. The van der Waals surface area contributed by atoms with Gasteiger partial charge in [-0.3, -0.25) is 4.55 Å². The van der Waals surface area contributed by atoms with Crippen molar-refractivity contribution < 1.29 is 13.0 Å². The van der Waals surface area contributed by atoms with Gasteiger partial charge in [0.25, 0.3) is 10.1 Å². The van der Waals surface area contributed by atoms with Crippen molar-refractivity contribution >= 4 is 29.0 Å². The van der Waals surface area contributed by atoms with E-state index in [0.717, 1.165) is 0 Å². The van der Waals surface area contributed by atoms with Crippen LogP contribution in [0.2, 0.25) is 0 Å². The third kappa shape index (κ3) is 215. The fourth-order valence-corrected chi connectivity index (χ4v) is 0. The molecule has 0 radical (unpaired) electrons. The summed E-state index contributed by atoms with van der Waals surface area (Å²) in [6, 6.07) is 0. The first-order chi connectivity index (χ1) is 2.00. The molecule has 0 aromatic carbocycles. The fraction of sp³-hybridized carbons (Fsp3) is 1.00. The number of hydrogen-bond acceptors (Lipinski definition) is 2. The van der Waals surface area contributed by atoms with Gasteiger partial charge in [0.15, 0.2) is 0 Å². The summed E-state index contributed by atoms with van der Waals surface area (Å²) in [7, 11) is -3.67. The van der Waals surface area contributed by atoms with E-state index < -0.39 is 10.1 Å². The van der Waals surface area contributed by atoms with Gasteiger partial charge in [-0.15, -0.1) is 0 Å².